The molecule has 0 saturated carbocycles. The Bertz CT molecular complexity index is 1170. The van der Waals surface area contributed by atoms with Crippen LogP contribution in [0.25, 0.3) is 0 Å². The number of hydrogen-bond donors (Lipinski definition) is 2. The zero-order valence-electron chi connectivity index (χ0n) is 25.8. The molecule has 1 unspecified atom stereocenters. The van der Waals surface area contributed by atoms with Gasteiger partial charge in [0.25, 0.3) is 0 Å². The second kappa shape index (κ2) is 13.6. The second-order valence-electron chi connectivity index (χ2n) is 11.9. The number of hydrogen-bond acceptors (Lipinski definition) is 7. The molecule has 4 atom stereocenters. The molecule has 2 aromatic rings. The highest BCUT2D eigenvalue weighted by Crippen LogP contribution is 2.49. The third kappa shape index (κ3) is 6.17. The van der Waals surface area contributed by atoms with Crippen molar-refractivity contribution in [2.75, 3.05) is 74.3 Å². The summed E-state index contributed by atoms with van der Waals surface area (Å²) < 4.78 is 22.9. The van der Waals surface area contributed by atoms with Crippen LogP contribution in [0, 0.1) is 11.8 Å². The monoisotopic (exact) mass is 567 g/mol. The lowest BCUT2D eigenvalue weighted by Crippen LogP contribution is -2.54. The van der Waals surface area contributed by atoms with Gasteiger partial charge in [0.2, 0.25) is 0 Å². The minimum Gasteiger partial charge on any atom is -0.493 e. The summed E-state index contributed by atoms with van der Waals surface area (Å²) in [5, 5.41) is 3.58. The van der Waals surface area contributed by atoms with Gasteiger partial charge in [0.15, 0.2) is 23.0 Å². The summed E-state index contributed by atoms with van der Waals surface area (Å²) in [4.78, 5) is 5.45. The average Bonchev–Trinajstić information content (AvgIpc) is 3.01. The van der Waals surface area contributed by atoms with E-state index in [0.29, 0.717) is 23.9 Å². The highest BCUT2D eigenvalue weighted by atomic mass is 16.5. The van der Waals surface area contributed by atoms with E-state index in [4.69, 9.17) is 18.9 Å². The van der Waals surface area contributed by atoms with Gasteiger partial charge in [-0.3, -0.25) is 9.80 Å². The van der Waals surface area contributed by atoms with E-state index in [1.807, 2.05) is 0 Å². The number of benzene rings is 2. The van der Waals surface area contributed by atoms with Gasteiger partial charge in [-0.25, -0.2) is 0 Å². The van der Waals surface area contributed by atoms with Crippen molar-refractivity contribution in [2.45, 2.75) is 51.1 Å². The van der Waals surface area contributed by atoms with Crippen LogP contribution in [0.3, 0.4) is 0 Å². The van der Waals surface area contributed by atoms with Gasteiger partial charge in [-0.05, 0) is 84.0 Å². The molecule has 8 heteroatoms. The minimum atomic E-state index is 0.360. The number of fused-ring (bicyclic) bond motifs is 4. The molecule has 0 radical (unpaired) electrons. The fraction of sp³-hybridized carbons (Fsp3) is 0.636. The lowest BCUT2D eigenvalue weighted by atomic mass is 9.72. The summed E-state index contributed by atoms with van der Waals surface area (Å²) in [5.74, 6) is 4.65. The van der Waals surface area contributed by atoms with Gasteiger partial charge in [-0.15, -0.1) is 0 Å². The van der Waals surface area contributed by atoms with Crippen LogP contribution < -0.4 is 30.0 Å². The number of rotatable bonds is 12. The molecule has 3 aliphatic rings. The van der Waals surface area contributed by atoms with Crippen LogP contribution in [-0.2, 0) is 12.8 Å². The molecular weight excluding hydrogens is 516 g/mol. The molecule has 0 aliphatic carbocycles. The van der Waals surface area contributed by atoms with E-state index >= 15 is 0 Å². The van der Waals surface area contributed by atoms with Crippen LogP contribution in [-0.4, -0.2) is 84.1 Å². The molecule has 4 N–H and O–H groups in total. The Morgan fingerprint density at radius 1 is 0.805 bits per heavy atom. The van der Waals surface area contributed by atoms with E-state index in [9.17, 15) is 0 Å². The molecule has 1 saturated heterocycles. The molecule has 8 nitrogen and oxygen atoms in total. The maximum atomic E-state index is 5.79. The number of methoxy groups -OCH3 is 4. The Labute approximate surface area is 246 Å². The van der Waals surface area contributed by atoms with Gasteiger partial charge in [0, 0.05) is 51.4 Å². The summed E-state index contributed by atoms with van der Waals surface area (Å²) in [5.41, 5.74) is 9.65. The molecule has 2 aromatic carbocycles. The van der Waals surface area contributed by atoms with E-state index in [0.717, 1.165) is 88.1 Å². The molecule has 226 valence electrons. The molecular formula is C33H51N4O4+. The van der Waals surface area contributed by atoms with Gasteiger partial charge >= 0.3 is 0 Å². The number of nitrogens with zero attached hydrogens (tertiary/aromatic N) is 2. The number of nitrogens with one attached hydrogen (secondary N) is 1. The maximum Gasteiger partial charge on any atom is 0.161 e. The second-order valence-corrected chi connectivity index (χ2v) is 11.9. The lowest BCUT2D eigenvalue weighted by Gasteiger charge is -2.49. The molecule has 0 bridgehead atoms. The largest absolute Gasteiger partial charge is 0.493 e. The zero-order valence-corrected chi connectivity index (χ0v) is 25.8. The van der Waals surface area contributed by atoms with Gasteiger partial charge in [0.1, 0.15) is 0 Å². The summed E-state index contributed by atoms with van der Waals surface area (Å²) in [6.45, 7) is 9.63. The van der Waals surface area contributed by atoms with Crippen LogP contribution in [0.2, 0.25) is 0 Å². The standard InChI is InChI=1S/C33H50N4O4/c1-6-22-21-37-13-8-24-18-31(39-3)33(41-5)20-27(24)29(37)16-25(22)15-28-26-19-32(40-4)30(38-2)17-23(26)7-12-36(28)14-11-35-10-9-34/h17-20,22,25,28-29,35H,6-16,21,34H2,1-5H3/p+1/t22-,25-,28+,29?/m0/s1. The van der Waals surface area contributed by atoms with Crippen molar-refractivity contribution in [1.82, 2.24) is 15.1 Å². The Morgan fingerprint density at radius 3 is 2.05 bits per heavy atom. The Morgan fingerprint density at radius 2 is 1.41 bits per heavy atom. The first-order chi connectivity index (χ1) is 20.0. The van der Waals surface area contributed by atoms with Gasteiger partial charge in [-0.2, -0.15) is 0 Å². The topological polar surface area (TPSA) is 83.1 Å². The lowest BCUT2D eigenvalue weighted by molar-refractivity contribution is -0.365. The fourth-order valence-electron chi connectivity index (χ4n) is 7.64. The summed E-state index contributed by atoms with van der Waals surface area (Å²) >= 11 is 0. The van der Waals surface area contributed by atoms with Crippen molar-refractivity contribution in [3.05, 3.63) is 46.5 Å². The van der Waals surface area contributed by atoms with Crippen molar-refractivity contribution in [3.8, 4) is 23.0 Å². The highest BCUT2D eigenvalue weighted by molar-refractivity contribution is 5.51. The van der Waals surface area contributed by atoms with E-state index in [2.05, 4.69) is 52.0 Å². The van der Waals surface area contributed by atoms with Crippen molar-refractivity contribution in [2.24, 2.45) is 11.8 Å². The SMILES string of the molecule is CC[C@H]1CN2CCc3cc(OC)c(OC)cc3C2C[C@@H]1C[C@@H]1c2cc(OC)c(OC)cc2CCN1CCNCC[NH3+]. The first-order valence-corrected chi connectivity index (χ1v) is 15.5. The first-order valence-electron chi connectivity index (χ1n) is 15.5. The molecule has 3 heterocycles. The van der Waals surface area contributed by atoms with Gasteiger partial charge in [0.05, 0.1) is 35.0 Å². The molecule has 41 heavy (non-hydrogen) atoms. The third-order valence-electron chi connectivity index (χ3n) is 9.87. The van der Waals surface area contributed by atoms with Gasteiger partial charge < -0.3 is 30.0 Å². The average molecular weight is 568 g/mol. The number of quaternary nitrogens is 1. The van der Waals surface area contributed by atoms with Crippen molar-refractivity contribution in [3.63, 3.8) is 0 Å². The fourth-order valence-corrected chi connectivity index (χ4v) is 7.64. The van der Waals surface area contributed by atoms with Crippen LogP contribution in [0.1, 0.15) is 60.5 Å². The van der Waals surface area contributed by atoms with Crippen molar-refractivity contribution in [1.29, 1.82) is 0 Å². The Balaban J connectivity index is 1.46. The van der Waals surface area contributed by atoms with E-state index in [-0.39, 0.29) is 0 Å². The molecule has 0 aromatic heterocycles. The summed E-state index contributed by atoms with van der Waals surface area (Å²) in [7, 11) is 6.95. The number of piperidine rings is 1. The number of ether oxygens (including phenoxy) is 4. The first kappa shape index (κ1) is 30.0. The van der Waals surface area contributed by atoms with Crippen LogP contribution in [0.5, 0.6) is 23.0 Å². The molecule has 5 rings (SSSR count). The Kier molecular flexibility index (Phi) is 9.96. The highest BCUT2D eigenvalue weighted by Gasteiger charge is 2.41. The van der Waals surface area contributed by atoms with E-state index in [1.54, 1.807) is 28.4 Å². The molecule has 1 fully saturated rings. The quantitative estimate of drug-likeness (QED) is 0.380. The predicted octanol–water partition coefficient (Wildman–Crippen LogP) is 3.49. The van der Waals surface area contributed by atoms with Crippen LogP contribution >= 0.6 is 0 Å². The smallest absolute Gasteiger partial charge is 0.161 e. The predicted molar refractivity (Wildman–Crippen MR) is 162 cm³/mol. The van der Waals surface area contributed by atoms with E-state index < -0.39 is 0 Å². The Hall–Kier alpha value is -2.52. The van der Waals surface area contributed by atoms with Gasteiger partial charge in [-0.1, -0.05) is 13.3 Å². The van der Waals surface area contributed by atoms with E-state index in [1.165, 1.54) is 35.1 Å². The summed E-state index contributed by atoms with van der Waals surface area (Å²) in [6.07, 6.45) is 5.65. The normalized spacial score (nSPS) is 24.2. The minimum absolute atomic E-state index is 0.360. The molecule has 3 aliphatic heterocycles. The van der Waals surface area contributed by atoms with Crippen LogP contribution in [0.4, 0.5) is 0 Å². The molecule has 0 spiro atoms. The van der Waals surface area contributed by atoms with Crippen molar-refractivity contribution >= 4 is 0 Å². The molecule has 0 amide bonds. The summed E-state index contributed by atoms with van der Waals surface area (Å²) in [6, 6.07) is 9.73. The van der Waals surface area contributed by atoms with Crippen LogP contribution in [0.15, 0.2) is 24.3 Å². The zero-order chi connectivity index (χ0) is 28.9. The van der Waals surface area contributed by atoms with Crippen molar-refractivity contribution < 1.29 is 24.7 Å². The third-order valence-corrected chi connectivity index (χ3v) is 9.87. The maximum absolute atomic E-state index is 5.79.